The Bertz CT molecular complexity index is 475. The first-order chi connectivity index (χ1) is 9.08. The zero-order valence-electron chi connectivity index (χ0n) is 10.7. The second kappa shape index (κ2) is 5.67. The van der Waals surface area contributed by atoms with Gasteiger partial charge in [0, 0.05) is 18.0 Å². The van der Waals surface area contributed by atoms with Crippen molar-refractivity contribution in [2.24, 2.45) is 5.41 Å². The number of carbonyl (C=O) groups excluding carboxylic acids is 1. The number of hydrogen-bond acceptors (Lipinski definition) is 3. The lowest BCUT2D eigenvalue weighted by Crippen LogP contribution is -2.35. The molecule has 0 atom stereocenters. The van der Waals surface area contributed by atoms with Crippen LogP contribution in [-0.4, -0.2) is 31.4 Å². The standard InChI is InChI=1S/C13H17ClN2O3/c1-19-9-2-3-11(10(14)6-9)16-12(18)15-7-13(8-17)4-5-13/h2-3,6,17H,4-5,7-8H2,1H3,(H2,15,16,18). The minimum Gasteiger partial charge on any atom is -0.497 e. The van der Waals surface area contributed by atoms with Crippen molar-refractivity contribution in [2.45, 2.75) is 12.8 Å². The molecule has 1 aromatic carbocycles. The van der Waals surface area contributed by atoms with Crippen LogP contribution in [0.1, 0.15) is 12.8 Å². The Balaban J connectivity index is 1.88. The predicted octanol–water partition coefficient (Wildman–Crippen LogP) is 2.24. The van der Waals surface area contributed by atoms with Gasteiger partial charge in [0.1, 0.15) is 5.75 Å². The number of aliphatic hydroxyl groups is 1. The summed E-state index contributed by atoms with van der Waals surface area (Å²) in [6.07, 6.45) is 1.90. The average Bonchev–Trinajstić information content (AvgIpc) is 3.19. The summed E-state index contributed by atoms with van der Waals surface area (Å²) >= 11 is 6.02. The van der Waals surface area contributed by atoms with Crippen molar-refractivity contribution in [2.75, 3.05) is 25.6 Å². The van der Waals surface area contributed by atoms with Crippen molar-refractivity contribution in [3.05, 3.63) is 23.2 Å². The van der Waals surface area contributed by atoms with E-state index >= 15 is 0 Å². The number of benzene rings is 1. The van der Waals surface area contributed by atoms with E-state index in [9.17, 15) is 4.79 Å². The summed E-state index contributed by atoms with van der Waals surface area (Å²) in [6.45, 7) is 0.583. The van der Waals surface area contributed by atoms with E-state index in [0.717, 1.165) is 12.8 Å². The number of nitrogens with one attached hydrogen (secondary N) is 2. The Kier molecular flexibility index (Phi) is 4.17. The van der Waals surface area contributed by atoms with Crippen molar-refractivity contribution in [3.8, 4) is 5.75 Å². The number of rotatable bonds is 5. The van der Waals surface area contributed by atoms with Crippen molar-refractivity contribution in [3.63, 3.8) is 0 Å². The molecule has 0 bridgehead atoms. The minimum atomic E-state index is -0.327. The fourth-order valence-electron chi connectivity index (χ4n) is 1.73. The van der Waals surface area contributed by atoms with E-state index in [1.165, 1.54) is 0 Å². The third-order valence-electron chi connectivity index (χ3n) is 3.34. The molecular weight excluding hydrogens is 268 g/mol. The zero-order valence-corrected chi connectivity index (χ0v) is 11.5. The van der Waals surface area contributed by atoms with E-state index < -0.39 is 0 Å². The van der Waals surface area contributed by atoms with E-state index in [4.69, 9.17) is 21.4 Å². The van der Waals surface area contributed by atoms with Gasteiger partial charge in [-0.05, 0) is 25.0 Å². The number of halogens is 1. The topological polar surface area (TPSA) is 70.6 Å². The van der Waals surface area contributed by atoms with Crippen molar-refractivity contribution < 1.29 is 14.6 Å². The van der Waals surface area contributed by atoms with Crippen LogP contribution in [0.3, 0.4) is 0 Å². The molecule has 1 saturated carbocycles. The molecule has 3 N–H and O–H groups in total. The van der Waals surface area contributed by atoms with Gasteiger partial charge in [0.05, 0.1) is 24.4 Å². The molecule has 1 aliphatic carbocycles. The molecule has 0 radical (unpaired) electrons. The van der Waals surface area contributed by atoms with Gasteiger partial charge >= 0.3 is 6.03 Å². The summed E-state index contributed by atoms with van der Waals surface area (Å²) in [5.41, 5.74) is 0.412. The molecule has 0 unspecified atom stereocenters. The van der Waals surface area contributed by atoms with Gasteiger partial charge in [-0.1, -0.05) is 11.6 Å². The van der Waals surface area contributed by atoms with Gasteiger partial charge in [-0.15, -0.1) is 0 Å². The molecule has 1 aliphatic rings. The van der Waals surface area contributed by atoms with E-state index in [1.807, 2.05) is 0 Å². The number of carbonyl (C=O) groups is 1. The number of ether oxygens (including phenoxy) is 1. The summed E-state index contributed by atoms with van der Waals surface area (Å²) in [5, 5.41) is 15.0. The lowest BCUT2D eigenvalue weighted by atomic mass is 10.1. The van der Waals surface area contributed by atoms with Gasteiger partial charge in [0.15, 0.2) is 0 Å². The molecule has 19 heavy (non-hydrogen) atoms. The quantitative estimate of drug-likeness (QED) is 0.776. The molecule has 0 heterocycles. The van der Waals surface area contributed by atoms with Crippen LogP contribution >= 0.6 is 11.6 Å². The van der Waals surface area contributed by atoms with Crippen LogP contribution in [0.25, 0.3) is 0 Å². The molecule has 2 amide bonds. The smallest absolute Gasteiger partial charge is 0.319 e. The Morgan fingerprint density at radius 3 is 2.79 bits per heavy atom. The monoisotopic (exact) mass is 284 g/mol. The highest BCUT2D eigenvalue weighted by molar-refractivity contribution is 6.33. The van der Waals surface area contributed by atoms with Gasteiger partial charge in [0.25, 0.3) is 0 Å². The number of urea groups is 1. The number of hydrogen-bond donors (Lipinski definition) is 3. The second-order valence-corrected chi connectivity index (χ2v) is 5.22. The molecule has 2 rings (SSSR count). The summed E-state index contributed by atoms with van der Waals surface area (Å²) < 4.78 is 5.03. The number of aliphatic hydroxyl groups excluding tert-OH is 1. The van der Waals surface area contributed by atoms with Gasteiger partial charge < -0.3 is 20.5 Å². The van der Waals surface area contributed by atoms with Gasteiger partial charge in [-0.25, -0.2) is 4.79 Å². The number of anilines is 1. The molecular formula is C13H17ClN2O3. The maximum Gasteiger partial charge on any atom is 0.319 e. The molecule has 0 saturated heterocycles. The van der Waals surface area contributed by atoms with Crippen molar-refractivity contribution in [1.82, 2.24) is 5.32 Å². The van der Waals surface area contributed by atoms with Crippen LogP contribution < -0.4 is 15.4 Å². The molecule has 6 heteroatoms. The van der Waals surface area contributed by atoms with Crippen LogP contribution in [0.15, 0.2) is 18.2 Å². The summed E-state index contributed by atoms with van der Waals surface area (Å²) in [5.74, 6) is 0.633. The lowest BCUT2D eigenvalue weighted by molar-refractivity contribution is 0.206. The number of methoxy groups -OCH3 is 1. The van der Waals surface area contributed by atoms with Crippen LogP contribution in [0.4, 0.5) is 10.5 Å². The van der Waals surface area contributed by atoms with E-state index in [0.29, 0.717) is 23.0 Å². The fourth-order valence-corrected chi connectivity index (χ4v) is 1.94. The SMILES string of the molecule is COc1ccc(NC(=O)NCC2(CO)CC2)c(Cl)c1. The average molecular weight is 285 g/mol. The van der Waals surface area contributed by atoms with Gasteiger partial charge in [-0.2, -0.15) is 0 Å². The largest absolute Gasteiger partial charge is 0.497 e. The summed E-state index contributed by atoms with van der Waals surface area (Å²) in [6, 6.07) is 4.71. The summed E-state index contributed by atoms with van der Waals surface area (Å²) in [7, 11) is 1.55. The van der Waals surface area contributed by atoms with Crippen molar-refractivity contribution >= 4 is 23.3 Å². The van der Waals surface area contributed by atoms with E-state index in [-0.39, 0.29) is 18.1 Å². The highest BCUT2D eigenvalue weighted by atomic mass is 35.5. The first-order valence-electron chi connectivity index (χ1n) is 6.08. The third-order valence-corrected chi connectivity index (χ3v) is 3.65. The molecule has 0 spiro atoms. The van der Waals surface area contributed by atoms with Crippen LogP contribution in [0, 0.1) is 5.41 Å². The maximum atomic E-state index is 11.7. The molecule has 0 aliphatic heterocycles. The first-order valence-corrected chi connectivity index (χ1v) is 6.46. The van der Waals surface area contributed by atoms with Gasteiger partial charge in [0.2, 0.25) is 0 Å². The van der Waals surface area contributed by atoms with E-state index in [2.05, 4.69) is 10.6 Å². The van der Waals surface area contributed by atoms with Crippen molar-refractivity contribution in [1.29, 1.82) is 0 Å². The maximum absolute atomic E-state index is 11.7. The first kappa shape index (κ1) is 14.0. The van der Waals surface area contributed by atoms with Crippen LogP contribution in [0.5, 0.6) is 5.75 Å². The predicted molar refractivity (Wildman–Crippen MR) is 73.8 cm³/mol. The molecule has 0 aromatic heterocycles. The highest BCUT2D eigenvalue weighted by Crippen LogP contribution is 2.44. The molecule has 1 fully saturated rings. The second-order valence-electron chi connectivity index (χ2n) is 4.81. The summed E-state index contributed by atoms with van der Waals surface area (Å²) in [4.78, 5) is 11.7. The van der Waals surface area contributed by atoms with Crippen LogP contribution in [-0.2, 0) is 0 Å². The zero-order chi connectivity index (χ0) is 13.9. The third kappa shape index (κ3) is 3.52. The minimum absolute atomic E-state index is 0.108. The fraction of sp³-hybridized carbons (Fsp3) is 0.462. The normalized spacial score (nSPS) is 15.7. The van der Waals surface area contributed by atoms with Gasteiger partial charge in [-0.3, -0.25) is 0 Å². The highest BCUT2D eigenvalue weighted by Gasteiger charge is 2.42. The number of amides is 2. The van der Waals surface area contributed by atoms with Crippen LogP contribution in [0.2, 0.25) is 5.02 Å². The Morgan fingerprint density at radius 2 is 2.26 bits per heavy atom. The Hall–Kier alpha value is -1.46. The molecule has 5 nitrogen and oxygen atoms in total. The Morgan fingerprint density at radius 1 is 1.53 bits per heavy atom. The molecule has 104 valence electrons. The Labute approximate surface area is 116 Å². The lowest BCUT2D eigenvalue weighted by Gasteiger charge is -2.14. The van der Waals surface area contributed by atoms with E-state index in [1.54, 1.807) is 25.3 Å². The molecule has 1 aromatic rings.